The Balaban J connectivity index is 2.28. The summed E-state index contributed by atoms with van der Waals surface area (Å²) < 4.78 is 9.51. The van der Waals surface area contributed by atoms with Crippen molar-refractivity contribution in [1.29, 1.82) is 0 Å². The molecule has 0 aliphatic carbocycles. The van der Waals surface area contributed by atoms with Gasteiger partial charge in [0.15, 0.2) is 0 Å². The van der Waals surface area contributed by atoms with E-state index in [1.54, 1.807) is 7.11 Å². The maximum atomic E-state index is 6.07. The molecule has 0 aliphatic heterocycles. The maximum absolute atomic E-state index is 6.07. The van der Waals surface area contributed by atoms with E-state index in [1.165, 1.54) is 0 Å². The molecule has 3 rings (SSSR count). The lowest BCUT2D eigenvalue weighted by atomic mass is 10.2. The van der Waals surface area contributed by atoms with Crippen LogP contribution in [0.3, 0.4) is 0 Å². The minimum absolute atomic E-state index is 0.351. The summed E-state index contributed by atoms with van der Waals surface area (Å²) in [7, 11) is 1.65. The average molecular weight is 478 g/mol. The van der Waals surface area contributed by atoms with Crippen molar-refractivity contribution in [3.63, 3.8) is 0 Å². The van der Waals surface area contributed by atoms with Crippen LogP contribution in [0.25, 0.3) is 16.7 Å². The third kappa shape index (κ3) is 2.78. The minimum atomic E-state index is 0.351. The number of aromatic nitrogens is 2. The van der Waals surface area contributed by atoms with Crippen molar-refractivity contribution in [2.75, 3.05) is 7.11 Å². The monoisotopic (exact) mass is 476 g/mol. The summed E-state index contributed by atoms with van der Waals surface area (Å²) in [5.74, 6) is 1.95. The normalized spacial score (nSPS) is 11.0. The van der Waals surface area contributed by atoms with E-state index in [0.717, 1.165) is 36.3 Å². The number of hydrogen-bond acceptors (Lipinski definition) is 2. The summed E-state index contributed by atoms with van der Waals surface area (Å²) in [6.07, 6.45) is 0. The topological polar surface area (TPSA) is 27.1 Å². The summed E-state index contributed by atoms with van der Waals surface area (Å²) >= 11 is 11.8. The lowest BCUT2D eigenvalue weighted by Crippen LogP contribution is -2.00. The highest BCUT2D eigenvalue weighted by Gasteiger charge is 2.13. The Morgan fingerprint density at radius 3 is 2.81 bits per heavy atom. The molecule has 108 valence electrons. The maximum Gasteiger partial charge on any atom is 0.135 e. The minimum Gasteiger partial charge on any atom is -0.495 e. The van der Waals surface area contributed by atoms with Crippen LogP contribution in [0.4, 0.5) is 0 Å². The lowest BCUT2D eigenvalue weighted by Gasteiger charge is -2.10. The molecule has 0 aliphatic rings. The van der Waals surface area contributed by atoms with E-state index >= 15 is 0 Å². The third-order valence-electron chi connectivity index (χ3n) is 3.20. The third-order valence-corrected chi connectivity index (χ3v) is 4.76. The van der Waals surface area contributed by atoms with Crippen molar-refractivity contribution in [3.05, 3.63) is 50.3 Å². The zero-order valence-electron chi connectivity index (χ0n) is 11.1. The molecular weight excluding hydrogens is 466 g/mol. The van der Waals surface area contributed by atoms with Gasteiger partial charge in [0.25, 0.3) is 0 Å². The van der Waals surface area contributed by atoms with E-state index in [4.69, 9.17) is 16.3 Å². The molecule has 0 bridgehead atoms. The molecule has 2 aromatic carbocycles. The Labute approximate surface area is 149 Å². The van der Waals surface area contributed by atoms with Crippen LogP contribution in [0.2, 0.25) is 0 Å². The molecule has 0 saturated carbocycles. The summed E-state index contributed by atoms with van der Waals surface area (Å²) in [6, 6.07) is 12.1. The molecule has 0 spiro atoms. The summed E-state index contributed by atoms with van der Waals surface area (Å²) in [5.41, 5.74) is 2.96. The quantitative estimate of drug-likeness (QED) is 0.386. The molecule has 3 aromatic rings. The van der Waals surface area contributed by atoms with Gasteiger partial charge in [-0.3, -0.25) is 4.57 Å². The number of alkyl halides is 1. The first-order chi connectivity index (χ1) is 10.1. The van der Waals surface area contributed by atoms with E-state index < -0.39 is 0 Å². The van der Waals surface area contributed by atoms with Crippen molar-refractivity contribution in [2.45, 2.75) is 5.88 Å². The Kier molecular flexibility index (Phi) is 4.42. The van der Waals surface area contributed by atoms with Crippen LogP contribution in [0.15, 0.2) is 40.9 Å². The first kappa shape index (κ1) is 15.1. The molecule has 1 heterocycles. The van der Waals surface area contributed by atoms with Gasteiger partial charge in [0.1, 0.15) is 11.6 Å². The Hall–Kier alpha value is -0.790. The van der Waals surface area contributed by atoms with Crippen molar-refractivity contribution in [2.24, 2.45) is 0 Å². The van der Waals surface area contributed by atoms with E-state index in [-0.39, 0.29) is 0 Å². The lowest BCUT2D eigenvalue weighted by molar-refractivity contribution is 0.412. The van der Waals surface area contributed by atoms with E-state index in [2.05, 4.69) is 66.3 Å². The van der Waals surface area contributed by atoms with Gasteiger partial charge in [-0.25, -0.2) is 4.98 Å². The van der Waals surface area contributed by atoms with Gasteiger partial charge in [-0.2, -0.15) is 0 Å². The molecule has 1 aromatic heterocycles. The van der Waals surface area contributed by atoms with E-state index in [0.29, 0.717) is 5.88 Å². The number of fused-ring (bicyclic) bond motifs is 1. The number of halogens is 3. The highest BCUT2D eigenvalue weighted by Crippen LogP contribution is 2.30. The largest absolute Gasteiger partial charge is 0.495 e. The standard InChI is InChI=1S/C15H11BrClIN2O/c1-21-14-7-10(3-4-11(14)16)20-13-5-2-9(18)6-12(13)19-15(20)8-17/h2-7H,8H2,1H3. The SMILES string of the molecule is COc1cc(-n2c(CCl)nc3cc(I)ccc32)ccc1Br. The number of imidazole rings is 1. The molecule has 0 radical (unpaired) electrons. The molecule has 0 unspecified atom stereocenters. The predicted molar refractivity (Wildman–Crippen MR) is 97.6 cm³/mol. The zero-order valence-corrected chi connectivity index (χ0v) is 15.6. The Bertz CT molecular complexity index is 819. The van der Waals surface area contributed by atoms with Crippen molar-refractivity contribution >= 4 is 61.2 Å². The van der Waals surface area contributed by atoms with E-state index in [9.17, 15) is 0 Å². The molecule has 0 N–H and O–H groups in total. The number of nitrogens with zero attached hydrogens (tertiary/aromatic N) is 2. The van der Waals surface area contributed by atoms with Crippen LogP contribution < -0.4 is 4.74 Å². The fourth-order valence-electron chi connectivity index (χ4n) is 2.27. The molecule has 6 heteroatoms. The van der Waals surface area contributed by atoms with Gasteiger partial charge < -0.3 is 4.74 Å². The van der Waals surface area contributed by atoms with Gasteiger partial charge in [0, 0.05) is 9.64 Å². The zero-order chi connectivity index (χ0) is 15.0. The summed E-state index contributed by atoms with van der Waals surface area (Å²) in [4.78, 5) is 4.62. The van der Waals surface area contributed by atoms with Gasteiger partial charge in [0.2, 0.25) is 0 Å². The molecule has 0 fully saturated rings. The van der Waals surface area contributed by atoms with Crippen LogP contribution in [0.5, 0.6) is 5.75 Å². The number of benzene rings is 2. The molecule has 21 heavy (non-hydrogen) atoms. The molecule has 3 nitrogen and oxygen atoms in total. The second-order valence-corrected chi connectivity index (χ2v) is 6.82. The van der Waals surface area contributed by atoms with Crippen molar-refractivity contribution in [1.82, 2.24) is 9.55 Å². The van der Waals surface area contributed by atoms with Crippen LogP contribution in [0.1, 0.15) is 5.82 Å². The fraction of sp³-hybridized carbons (Fsp3) is 0.133. The number of hydrogen-bond donors (Lipinski definition) is 0. The van der Waals surface area contributed by atoms with Crippen LogP contribution in [-0.2, 0) is 5.88 Å². The molecule has 0 atom stereocenters. The summed E-state index contributed by atoms with van der Waals surface area (Å²) in [5, 5.41) is 0. The highest BCUT2D eigenvalue weighted by molar-refractivity contribution is 14.1. The van der Waals surface area contributed by atoms with Crippen LogP contribution in [-0.4, -0.2) is 16.7 Å². The molecule has 0 saturated heterocycles. The average Bonchev–Trinajstić information content (AvgIpc) is 2.85. The smallest absolute Gasteiger partial charge is 0.135 e. The van der Waals surface area contributed by atoms with Gasteiger partial charge in [-0.05, 0) is 68.9 Å². The Morgan fingerprint density at radius 1 is 1.29 bits per heavy atom. The second-order valence-electron chi connectivity index (χ2n) is 4.45. The van der Waals surface area contributed by atoms with Gasteiger partial charge in [-0.1, -0.05) is 0 Å². The van der Waals surface area contributed by atoms with Gasteiger partial charge in [-0.15, -0.1) is 11.6 Å². The Morgan fingerprint density at radius 2 is 2.10 bits per heavy atom. The van der Waals surface area contributed by atoms with Crippen molar-refractivity contribution in [3.8, 4) is 11.4 Å². The predicted octanol–water partition coefficient (Wildman–Crippen LogP) is 5.14. The fourth-order valence-corrected chi connectivity index (χ4v) is 3.33. The van der Waals surface area contributed by atoms with Gasteiger partial charge in [0.05, 0.1) is 34.2 Å². The first-order valence-electron chi connectivity index (χ1n) is 6.21. The first-order valence-corrected chi connectivity index (χ1v) is 8.61. The molecular formula is C15H11BrClIN2O. The number of rotatable bonds is 3. The van der Waals surface area contributed by atoms with Gasteiger partial charge >= 0.3 is 0 Å². The van der Waals surface area contributed by atoms with Crippen molar-refractivity contribution < 1.29 is 4.74 Å². The van der Waals surface area contributed by atoms with Crippen LogP contribution >= 0.6 is 50.1 Å². The molecule has 0 amide bonds. The second kappa shape index (κ2) is 6.14. The van der Waals surface area contributed by atoms with E-state index in [1.807, 2.05) is 18.2 Å². The highest BCUT2D eigenvalue weighted by atomic mass is 127. The summed E-state index contributed by atoms with van der Waals surface area (Å²) in [6.45, 7) is 0. The number of ether oxygens (including phenoxy) is 1. The number of methoxy groups -OCH3 is 1. The van der Waals surface area contributed by atoms with Crippen LogP contribution in [0, 0.1) is 3.57 Å².